The summed E-state index contributed by atoms with van der Waals surface area (Å²) >= 11 is 1.46. The van der Waals surface area contributed by atoms with Crippen molar-refractivity contribution in [2.45, 2.75) is 19.8 Å². The summed E-state index contributed by atoms with van der Waals surface area (Å²) in [5.41, 5.74) is 10.2. The van der Waals surface area contributed by atoms with Crippen molar-refractivity contribution in [3.63, 3.8) is 0 Å². The van der Waals surface area contributed by atoms with Crippen LogP contribution in [-0.4, -0.2) is 6.29 Å². The molecule has 0 bridgehead atoms. The highest BCUT2D eigenvalue weighted by Crippen LogP contribution is 2.28. The molecule has 2 N–H and O–H groups in total. The molecule has 0 atom stereocenters. The van der Waals surface area contributed by atoms with E-state index in [1.165, 1.54) is 16.9 Å². The minimum atomic E-state index is 0.746. The van der Waals surface area contributed by atoms with Gasteiger partial charge in [0.05, 0.1) is 4.88 Å². The predicted molar refractivity (Wildman–Crippen MR) is 73.5 cm³/mol. The van der Waals surface area contributed by atoms with E-state index >= 15 is 0 Å². The number of nitrogen functional groups attached to an aromatic ring is 1. The number of nitrogens with two attached hydrogens (primary N) is 1. The van der Waals surface area contributed by atoms with Crippen molar-refractivity contribution in [2.24, 2.45) is 0 Å². The number of benzene rings is 1. The molecule has 2 rings (SSSR count). The highest BCUT2D eigenvalue weighted by Gasteiger charge is 2.04. The van der Waals surface area contributed by atoms with Crippen molar-refractivity contribution in [2.75, 3.05) is 5.73 Å². The van der Waals surface area contributed by atoms with E-state index in [2.05, 4.69) is 19.1 Å². The van der Waals surface area contributed by atoms with Gasteiger partial charge in [-0.3, -0.25) is 4.79 Å². The zero-order chi connectivity index (χ0) is 12.3. The summed E-state index contributed by atoms with van der Waals surface area (Å²) in [6, 6.07) is 8.03. The molecule has 0 amide bonds. The van der Waals surface area contributed by atoms with Crippen LogP contribution < -0.4 is 5.73 Å². The van der Waals surface area contributed by atoms with Crippen LogP contribution in [0.3, 0.4) is 0 Å². The topological polar surface area (TPSA) is 43.1 Å². The number of anilines is 1. The predicted octanol–water partition coefficient (Wildman–Crippen LogP) is 3.76. The van der Waals surface area contributed by atoms with Crippen molar-refractivity contribution < 1.29 is 4.79 Å². The van der Waals surface area contributed by atoms with Crippen LogP contribution in [0.5, 0.6) is 0 Å². The van der Waals surface area contributed by atoms with Gasteiger partial charge >= 0.3 is 0 Å². The summed E-state index contributed by atoms with van der Waals surface area (Å²) in [6.07, 6.45) is 2.98. The molecule has 0 aliphatic carbocycles. The van der Waals surface area contributed by atoms with Crippen molar-refractivity contribution >= 4 is 23.3 Å². The molecule has 2 nitrogen and oxygen atoms in total. The minimum Gasteiger partial charge on any atom is -0.398 e. The normalized spacial score (nSPS) is 10.4. The number of aryl methyl sites for hydroxylation is 1. The lowest BCUT2D eigenvalue weighted by Crippen LogP contribution is -1.94. The third-order valence-corrected chi connectivity index (χ3v) is 3.59. The minimum absolute atomic E-state index is 0.746. The first kappa shape index (κ1) is 11.9. The third kappa shape index (κ3) is 2.56. The molecule has 0 spiro atoms. The molecule has 1 aromatic heterocycles. The van der Waals surface area contributed by atoms with E-state index in [1.807, 2.05) is 17.5 Å². The van der Waals surface area contributed by atoms with Gasteiger partial charge < -0.3 is 5.73 Å². The van der Waals surface area contributed by atoms with Gasteiger partial charge in [-0.25, -0.2) is 0 Å². The fraction of sp³-hybridized carbons (Fsp3) is 0.214. The first-order valence-electron chi connectivity index (χ1n) is 5.67. The van der Waals surface area contributed by atoms with E-state index in [0.29, 0.717) is 0 Å². The fourth-order valence-electron chi connectivity index (χ4n) is 1.84. The summed E-state index contributed by atoms with van der Waals surface area (Å²) in [6.45, 7) is 2.14. The van der Waals surface area contributed by atoms with Gasteiger partial charge in [-0.1, -0.05) is 25.5 Å². The number of rotatable bonds is 4. The van der Waals surface area contributed by atoms with Crippen LogP contribution in [0, 0.1) is 0 Å². The molecule has 88 valence electrons. The molecule has 1 heterocycles. The van der Waals surface area contributed by atoms with Gasteiger partial charge in [-0.15, -0.1) is 11.3 Å². The molecule has 0 saturated heterocycles. The second-order valence-corrected chi connectivity index (χ2v) is 4.96. The van der Waals surface area contributed by atoms with Crippen molar-refractivity contribution in [1.82, 2.24) is 0 Å². The molecule has 17 heavy (non-hydrogen) atoms. The molecule has 0 unspecified atom stereocenters. The maximum absolute atomic E-state index is 10.6. The van der Waals surface area contributed by atoms with E-state index in [0.717, 1.165) is 40.8 Å². The largest absolute Gasteiger partial charge is 0.398 e. The smallest absolute Gasteiger partial charge is 0.160 e. The first-order chi connectivity index (χ1) is 8.24. The van der Waals surface area contributed by atoms with Gasteiger partial charge in [-0.05, 0) is 40.6 Å². The summed E-state index contributed by atoms with van der Waals surface area (Å²) in [4.78, 5) is 11.4. The lowest BCUT2D eigenvalue weighted by Gasteiger charge is -2.06. The van der Waals surface area contributed by atoms with Crippen LogP contribution in [-0.2, 0) is 6.42 Å². The highest BCUT2D eigenvalue weighted by molar-refractivity contribution is 7.12. The van der Waals surface area contributed by atoms with Gasteiger partial charge in [0, 0.05) is 5.69 Å². The van der Waals surface area contributed by atoms with E-state index in [4.69, 9.17) is 5.73 Å². The Morgan fingerprint density at radius 3 is 2.71 bits per heavy atom. The molecular formula is C14H15NOS. The van der Waals surface area contributed by atoms with Gasteiger partial charge in [0.15, 0.2) is 6.29 Å². The SMILES string of the molecule is CCCc1ccc(-c2csc(C=O)c2)cc1N. The lowest BCUT2D eigenvalue weighted by atomic mass is 10.0. The third-order valence-electron chi connectivity index (χ3n) is 2.73. The lowest BCUT2D eigenvalue weighted by molar-refractivity contribution is 0.112. The molecule has 0 fully saturated rings. The Hall–Kier alpha value is -1.61. The molecular weight excluding hydrogens is 230 g/mol. The van der Waals surface area contributed by atoms with Crippen LogP contribution >= 0.6 is 11.3 Å². The number of hydrogen-bond acceptors (Lipinski definition) is 3. The summed E-state index contributed by atoms with van der Waals surface area (Å²) < 4.78 is 0. The maximum atomic E-state index is 10.6. The quantitative estimate of drug-likeness (QED) is 0.658. The molecule has 0 aliphatic rings. The zero-order valence-electron chi connectivity index (χ0n) is 9.77. The van der Waals surface area contributed by atoms with E-state index in [9.17, 15) is 4.79 Å². The monoisotopic (exact) mass is 245 g/mol. The van der Waals surface area contributed by atoms with Crippen molar-refractivity contribution in [1.29, 1.82) is 0 Å². The van der Waals surface area contributed by atoms with Crippen LogP contribution in [0.4, 0.5) is 5.69 Å². The molecule has 0 radical (unpaired) electrons. The Kier molecular flexibility index (Phi) is 3.59. The standard InChI is InChI=1S/C14H15NOS/c1-2-3-10-4-5-11(7-14(10)15)12-6-13(8-16)17-9-12/h4-9H,2-3,15H2,1H3. The van der Waals surface area contributed by atoms with Crippen LogP contribution in [0.1, 0.15) is 28.6 Å². The Labute approximate surface area is 105 Å². The average Bonchev–Trinajstić information content (AvgIpc) is 2.80. The van der Waals surface area contributed by atoms with Gasteiger partial charge in [0.1, 0.15) is 0 Å². The number of carbonyl (C=O) groups excluding carboxylic acids is 1. The van der Waals surface area contributed by atoms with E-state index in [-0.39, 0.29) is 0 Å². The average molecular weight is 245 g/mol. The van der Waals surface area contributed by atoms with Crippen LogP contribution in [0.25, 0.3) is 11.1 Å². The zero-order valence-corrected chi connectivity index (χ0v) is 10.6. The maximum Gasteiger partial charge on any atom is 0.160 e. The summed E-state index contributed by atoms with van der Waals surface area (Å²) in [5.74, 6) is 0. The number of thiophene rings is 1. The number of carbonyl (C=O) groups is 1. The summed E-state index contributed by atoms with van der Waals surface area (Å²) in [5, 5.41) is 1.98. The van der Waals surface area contributed by atoms with Gasteiger partial charge in [-0.2, -0.15) is 0 Å². The Morgan fingerprint density at radius 1 is 1.29 bits per heavy atom. The van der Waals surface area contributed by atoms with Gasteiger partial charge in [0.25, 0.3) is 0 Å². The summed E-state index contributed by atoms with van der Waals surface area (Å²) in [7, 11) is 0. The van der Waals surface area contributed by atoms with E-state index < -0.39 is 0 Å². The van der Waals surface area contributed by atoms with Crippen molar-refractivity contribution in [3.05, 3.63) is 40.1 Å². The second kappa shape index (κ2) is 5.15. The van der Waals surface area contributed by atoms with Crippen molar-refractivity contribution in [3.8, 4) is 11.1 Å². The fourth-order valence-corrected chi connectivity index (χ4v) is 2.56. The Morgan fingerprint density at radius 2 is 2.12 bits per heavy atom. The molecule has 0 saturated carbocycles. The van der Waals surface area contributed by atoms with E-state index in [1.54, 1.807) is 0 Å². The first-order valence-corrected chi connectivity index (χ1v) is 6.55. The highest BCUT2D eigenvalue weighted by atomic mass is 32.1. The number of aldehydes is 1. The molecule has 2 aromatic rings. The van der Waals surface area contributed by atoms with Crippen LogP contribution in [0.15, 0.2) is 29.6 Å². The van der Waals surface area contributed by atoms with Crippen LogP contribution in [0.2, 0.25) is 0 Å². The number of hydrogen-bond donors (Lipinski definition) is 1. The Bertz CT molecular complexity index is 531. The second-order valence-electron chi connectivity index (χ2n) is 4.02. The Balaban J connectivity index is 2.33. The molecule has 0 aliphatic heterocycles. The van der Waals surface area contributed by atoms with Gasteiger partial charge in [0.2, 0.25) is 0 Å². The molecule has 1 aromatic carbocycles. The molecule has 3 heteroatoms.